The van der Waals surface area contributed by atoms with Gasteiger partial charge in [-0.15, -0.1) is 0 Å². The van der Waals surface area contributed by atoms with Crippen LogP contribution in [0.1, 0.15) is 192 Å². The van der Waals surface area contributed by atoms with Crippen molar-refractivity contribution in [3.05, 3.63) is 65.7 Å². The average molecular weight is 657 g/mol. The van der Waals surface area contributed by atoms with E-state index in [0.29, 0.717) is 6.42 Å². The summed E-state index contributed by atoms with van der Waals surface area (Å²) in [6, 6.07) is 17.7. The lowest BCUT2D eigenvalue weighted by molar-refractivity contribution is 0.481. The second-order valence-corrected chi connectivity index (χ2v) is 14.9. The lowest BCUT2D eigenvalue weighted by atomic mass is 10.0. The van der Waals surface area contributed by atoms with Crippen molar-refractivity contribution in [3.63, 3.8) is 0 Å². The van der Waals surface area contributed by atoms with E-state index < -0.39 is 10.1 Å². The molecule has 0 atom stereocenters. The molecule has 0 bridgehead atoms. The largest absolute Gasteiger partial charge is 0.294 e. The van der Waals surface area contributed by atoms with Crippen molar-refractivity contribution < 1.29 is 13.0 Å². The Morgan fingerprint density at radius 1 is 0.413 bits per heavy atom. The molecular weight excluding hydrogens is 585 g/mol. The highest BCUT2D eigenvalue weighted by Gasteiger charge is 2.13. The van der Waals surface area contributed by atoms with Gasteiger partial charge in [0.25, 0.3) is 10.1 Å². The maximum atomic E-state index is 11.3. The van der Waals surface area contributed by atoms with Gasteiger partial charge in [-0.25, -0.2) is 0 Å². The number of hydrogen-bond acceptors (Lipinski definition) is 2. The normalized spacial score (nSPS) is 11.4. The second kappa shape index (κ2) is 30.7. The molecule has 0 aliphatic heterocycles. The lowest BCUT2D eigenvalue weighted by Gasteiger charge is -2.07. The zero-order valence-corrected chi connectivity index (χ0v) is 31.0. The molecule has 2 aromatic carbocycles. The summed E-state index contributed by atoms with van der Waals surface area (Å²) < 4.78 is 31.8. The van der Waals surface area contributed by atoms with Gasteiger partial charge in [0.05, 0.1) is 4.90 Å². The summed E-state index contributed by atoms with van der Waals surface area (Å²) in [5, 5.41) is 0. The van der Waals surface area contributed by atoms with Gasteiger partial charge in [-0.1, -0.05) is 216 Å². The highest BCUT2D eigenvalue weighted by molar-refractivity contribution is 7.85. The van der Waals surface area contributed by atoms with Crippen LogP contribution in [0.15, 0.2) is 59.5 Å². The van der Waals surface area contributed by atoms with Crippen LogP contribution in [0.3, 0.4) is 0 Å². The van der Waals surface area contributed by atoms with Gasteiger partial charge in [0.2, 0.25) is 0 Å². The van der Waals surface area contributed by atoms with E-state index in [0.717, 1.165) is 18.4 Å². The first-order chi connectivity index (χ1) is 22.5. The summed E-state index contributed by atoms with van der Waals surface area (Å²) in [6.07, 6.45) is 37.8. The van der Waals surface area contributed by atoms with Gasteiger partial charge in [-0.2, -0.15) is 8.42 Å². The Hall–Kier alpha value is -1.65. The van der Waals surface area contributed by atoms with Gasteiger partial charge in [0, 0.05) is 0 Å². The summed E-state index contributed by atoms with van der Waals surface area (Å²) in [4.78, 5) is 0.0610. The summed E-state index contributed by atoms with van der Waals surface area (Å²) in [5.41, 5.74) is 2.23. The Morgan fingerprint density at radius 3 is 1.13 bits per heavy atom. The first kappa shape index (κ1) is 42.4. The third-order valence-corrected chi connectivity index (χ3v) is 10.2. The standard InChI is InChI=1S/C24H42.C18H30O3S/c1-2-3-4-5-6-7-8-9-10-11-12-13-14-15-16-18-21-24-22-19-17-20-23-24;1-2-3-4-5-6-7-8-9-10-11-14-17-15-12-13-16-18(17)22(19,20)21/h17,19-20,22-23H,2-16,18,21H2,1H3;12-13,15-16H,2-11,14H2,1H3,(H,19,20,21). The summed E-state index contributed by atoms with van der Waals surface area (Å²) in [5.74, 6) is 0. The van der Waals surface area contributed by atoms with Crippen LogP contribution in [0.4, 0.5) is 0 Å². The van der Waals surface area contributed by atoms with E-state index in [1.165, 1.54) is 172 Å². The number of hydrogen-bond donors (Lipinski definition) is 1. The zero-order valence-electron chi connectivity index (χ0n) is 30.2. The zero-order chi connectivity index (χ0) is 33.4. The Balaban J connectivity index is 0.000000462. The molecule has 0 radical (unpaired) electrons. The molecule has 0 saturated heterocycles. The van der Waals surface area contributed by atoms with Crippen LogP contribution >= 0.6 is 0 Å². The number of unbranched alkanes of at least 4 members (excludes halogenated alkanes) is 24. The molecule has 2 rings (SSSR count). The summed E-state index contributed by atoms with van der Waals surface area (Å²) in [7, 11) is -4.10. The minimum Gasteiger partial charge on any atom is -0.282 e. The third kappa shape index (κ3) is 25.4. The molecule has 0 unspecified atom stereocenters. The molecular formula is C42H72O3S. The fraction of sp³-hybridized carbons (Fsp3) is 0.714. The topological polar surface area (TPSA) is 54.4 Å². The highest BCUT2D eigenvalue weighted by atomic mass is 32.2. The van der Waals surface area contributed by atoms with E-state index in [-0.39, 0.29) is 4.90 Å². The molecule has 0 fully saturated rings. The molecule has 1 N–H and O–H groups in total. The molecule has 0 aliphatic carbocycles. The van der Waals surface area contributed by atoms with Crippen molar-refractivity contribution in [1.82, 2.24) is 0 Å². The van der Waals surface area contributed by atoms with Crippen LogP contribution < -0.4 is 0 Å². The molecule has 0 aromatic heterocycles. The Bertz CT molecular complexity index is 1020. The van der Waals surface area contributed by atoms with Gasteiger partial charge >= 0.3 is 0 Å². The minimum atomic E-state index is -4.10. The smallest absolute Gasteiger partial charge is 0.282 e. The Labute approximate surface area is 286 Å². The molecule has 0 saturated carbocycles. The Kier molecular flexibility index (Phi) is 28.3. The van der Waals surface area contributed by atoms with E-state index >= 15 is 0 Å². The van der Waals surface area contributed by atoms with E-state index in [1.807, 2.05) is 6.07 Å². The number of rotatable bonds is 29. The van der Waals surface area contributed by atoms with Crippen LogP contribution in [-0.4, -0.2) is 13.0 Å². The van der Waals surface area contributed by atoms with Gasteiger partial charge in [0.15, 0.2) is 0 Å². The van der Waals surface area contributed by atoms with E-state index in [9.17, 15) is 13.0 Å². The highest BCUT2D eigenvalue weighted by Crippen LogP contribution is 2.19. The molecule has 0 amide bonds. The van der Waals surface area contributed by atoms with Crippen molar-refractivity contribution in [2.45, 2.75) is 199 Å². The van der Waals surface area contributed by atoms with Crippen LogP contribution in [0.25, 0.3) is 0 Å². The van der Waals surface area contributed by atoms with Crippen molar-refractivity contribution in [2.24, 2.45) is 0 Å². The summed E-state index contributed by atoms with van der Waals surface area (Å²) in [6.45, 7) is 4.53. The van der Waals surface area contributed by atoms with Gasteiger partial charge < -0.3 is 0 Å². The number of aryl methyl sites for hydroxylation is 2. The van der Waals surface area contributed by atoms with Gasteiger partial charge in [0.1, 0.15) is 0 Å². The second-order valence-electron chi connectivity index (χ2n) is 13.6. The van der Waals surface area contributed by atoms with Crippen LogP contribution in [0.2, 0.25) is 0 Å². The van der Waals surface area contributed by atoms with Crippen molar-refractivity contribution in [2.75, 3.05) is 0 Å². The fourth-order valence-corrected chi connectivity index (χ4v) is 7.04. The molecule has 46 heavy (non-hydrogen) atoms. The first-order valence-corrected chi connectivity index (χ1v) is 21.0. The van der Waals surface area contributed by atoms with Gasteiger partial charge in [-0.05, 0) is 42.9 Å². The maximum absolute atomic E-state index is 11.3. The van der Waals surface area contributed by atoms with Crippen LogP contribution in [0.5, 0.6) is 0 Å². The average Bonchev–Trinajstić information content (AvgIpc) is 3.06. The molecule has 3 nitrogen and oxygen atoms in total. The predicted molar refractivity (Wildman–Crippen MR) is 201 cm³/mol. The van der Waals surface area contributed by atoms with Gasteiger partial charge in [-0.3, -0.25) is 4.55 Å². The first-order valence-electron chi connectivity index (χ1n) is 19.6. The summed E-state index contributed by atoms with van der Waals surface area (Å²) >= 11 is 0. The lowest BCUT2D eigenvalue weighted by Crippen LogP contribution is -2.03. The Morgan fingerprint density at radius 2 is 0.739 bits per heavy atom. The SMILES string of the molecule is CCCCCCCCCCCCCCCCCCc1ccccc1.CCCCCCCCCCCCc1ccccc1S(=O)(=O)O. The third-order valence-electron chi connectivity index (χ3n) is 9.21. The quantitative estimate of drug-likeness (QED) is 0.0700. The van der Waals surface area contributed by atoms with Crippen LogP contribution in [-0.2, 0) is 23.0 Å². The van der Waals surface area contributed by atoms with Crippen LogP contribution in [0, 0.1) is 0 Å². The van der Waals surface area contributed by atoms with E-state index in [2.05, 4.69) is 44.2 Å². The molecule has 0 spiro atoms. The van der Waals surface area contributed by atoms with E-state index in [4.69, 9.17) is 0 Å². The maximum Gasteiger partial charge on any atom is 0.294 e. The predicted octanol–water partition coefficient (Wildman–Crippen LogP) is 13.9. The van der Waals surface area contributed by atoms with E-state index in [1.54, 1.807) is 12.1 Å². The fourth-order valence-electron chi connectivity index (χ4n) is 6.29. The van der Waals surface area contributed by atoms with Crippen molar-refractivity contribution in [3.8, 4) is 0 Å². The molecule has 2 aromatic rings. The molecule has 4 heteroatoms. The molecule has 0 aliphatic rings. The molecule has 264 valence electrons. The number of benzene rings is 2. The van der Waals surface area contributed by atoms with Crippen molar-refractivity contribution >= 4 is 10.1 Å². The monoisotopic (exact) mass is 657 g/mol. The van der Waals surface area contributed by atoms with Crippen molar-refractivity contribution in [1.29, 1.82) is 0 Å². The molecule has 0 heterocycles. The minimum absolute atomic E-state index is 0.0610.